The molecule has 14 nitrogen and oxygen atoms in total. The van der Waals surface area contributed by atoms with Crippen LogP contribution in [0.3, 0.4) is 0 Å². The lowest BCUT2D eigenvalue weighted by Crippen LogP contribution is -2.52. The second-order valence-corrected chi connectivity index (χ2v) is 18.3. The molecule has 0 saturated carbocycles. The number of amides is 3. The number of ether oxygens (including phenoxy) is 1. The molecule has 0 spiro atoms. The minimum absolute atomic E-state index is 0.104. The van der Waals surface area contributed by atoms with Crippen LogP contribution in [0.2, 0.25) is 0 Å². The van der Waals surface area contributed by atoms with Crippen molar-refractivity contribution in [3.63, 3.8) is 0 Å². The summed E-state index contributed by atoms with van der Waals surface area (Å²) >= 11 is 0. The monoisotopic (exact) mass is 850 g/mol. The molecule has 0 bridgehead atoms. The Bertz CT molecular complexity index is 2440. The minimum atomic E-state index is -0.574. The lowest BCUT2D eigenvalue weighted by molar-refractivity contribution is -0.136. The van der Waals surface area contributed by atoms with E-state index in [4.69, 9.17) is 20.6 Å². The number of benzene rings is 3. The maximum Gasteiger partial charge on any atom is 0.255 e. The summed E-state index contributed by atoms with van der Waals surface area (Å²) in [5.41, 5.74) is 12.0. The van der Waals surface area contributed by atoms with Gasteiger partial charge in [0.05, 0.1) is 11.4 Å². The molecule has 10 rings (SSSR count). The van der Waals surface area contributed by atoms with Crippen LogP contribution in [-0.4, -0.2) is 122 Å². The number of imide groups is 1. The zero-order valence-corrected chi connectivity index (χ0v) is 36.0. The Morgan fingerprint density at radius 3 is 2.29 bits per heavy atom. The Morgan fingerprint density at radius 1 is 0.778 bits per heavy atom. The topological polar surface area (TPSA) is 155 Å². The van der Waals surface area contributed by atoms with Gasteiger partial charge in [0.25, 0.3) is 5.91 Å². The zero-order chi connectivity index (χ0) is 42.9. The standard InChI is InChI=1S/C49H58N10O4/c50-46-44-45(35-9-12-40(13-10-35)63-39-7-2-1-3-8-39)54-59(47(44)52-32-51-46)38-6-4-21-57(31-38)29-33-17-24-55(25-18-33)22-5-23-56-26-19-34(20-27-56)36-11-14-41-37(28-36)30-58(49(41)62)42-15-16-43(60)53-48(42)61/h1-3,7-14,28,32-34,38,42H,4-6,15-27,29-31H2,(H2,50,51,52)(H,53,60,61)/t38-,42?/m1/s1. The number of anilines is 1. The van der Waals surface area contributed by atoms with Crippen molar-refractivity contribution in [2.75, 3.05) is 64.6 Å². The molecule has 2 aromatic heterocycles. The third-order valence-electron chi connectivity index (χ3n) is 14.2. The van der Waals surface area contributed by atoms with E-state index in [2.05, 4.69) is 41.8 Å². The highest BCUT2D eigenvalue weighted by atomic mass is 16.5. The van der Waals surface area contributed by atoms with Crippen LogP contribution in [0.4, 0.5) is 5.82 Å². The molecule has 3 amide bonds. The number of nitrogens with one attached hydrogen (secondary N) is 1. The molecular weight excluding hydrogens is 793 g/mol. The molecular formula is C49H58N10O4. The molecule has 3 aromatic carbocycles. The van der Waals surface area contributed by atoms with Gasteiger partial charge in [0, 0.05) is 37.2 Å². The van der Waals surface area contributed by atoms with Gasteiger partial charge in [-0.15, -0.1) is 0 Å². The number of likely N-dealkylation sites (tertiary alicyclic amines) is 3. The Labute approximate surface area is 368 Å². The lowest BCUT2D eigenvalue weighted by Gasteiger charge is -2.38. The van der Waals surface area contributed by atoms with Crippen molar-refractivity contribution in [2.24, 2.45) is 5.92 Å². The van der Waals surface area contributed by atoms with E-state index in [1.165, 1.54) is 37.9 Å². The van der Waals surface area contributed by atoms with E-state index in [0.717, 1.165) is 111 Å². The number of carbonyl (C=O) groups excluding carboxylic acids is 3. The highest BCUT2D eigenvalue weighted by Crippen LogP contribution is 2.37. The summed E-state index contributed by atoms with van der Waals surface area (Å²) in [5.74, 6) is 2.47. The number of rotatable bonds is 12. The summed E-state index contributed by atoms with van der Waals surface area (Å²) in [6.07, 6.45) is 10.3. The van der Waals surface area contributed by atoms with Gasteiger partial charge in [0.2, 0.25) is 11.8 Å². The van der Waals surface area contributed by atoms with Crippen LogP contribution in [0.5, 0.6) is 11.5 Å². The molecule has 7 heterocycles. The van der Waals surface area contributed by atoms with Gasteiger partial charge in [-0.2, -0.15) is 5.10 Å². The maximum atomic E-state index is 13.2. The fourth-order valence-corrected chi connectivity index (χ4v) is 10.8. The summed E-state index contributed by atoms with van der Waals surface area (Å²) in [4.78, 5) is 56.0. The van der Waals surface area contributed by atoms with Gasteiger partial charge in [0.1, 0.15) is 35.4 Å². The molecule has 0 aliphatic carbocycles. The Hall–Kier alpha value is -5.70. The van der Waals surface area contributed by atoms with E-state index in [-0.39, 0.29) is 30.2 Å². The van der Waals surface area contributed by atoms with Crippen molar-refractivity contribution >= 4 is 34.6 Å². The second-order valence-electron chi connectivity index (χ2n) is 18.3. The molecule has 14 heteroatoms. The van der Waals surface area contributed by atoms with Crippen LogP contribution in [0.25, 0.3) is 22.3 Å². The molecule has 4 fully saturated rings. The third kappa shape index (κ3) is 8.94. The zero-order valence-electron chi connectivity index (χ0n) is 36.0. The van der Waals surface area contributed by atoms with Crippen molar-refractivity contribution in [3.05, 3.63) is 95.8 Å². The average molecular weight is 851 g/mol. The smallest absolute Gasteiger partial charge is 0.255 e. The van der Waals surface area contributed by atoms with Gasteiger partial charge < -0.3 is 30.1 Å². The van der Waals surface area contributed by atoms with E-state index in [1.807, 2.05) is 60.7 Å². The van der Waals surface area contributed by atoms with Crippen molar-refractivity contribution in [2.45, 2.75) is 82.3 Å². The maximum absolute atomic E-state index is 13.2. The number of nitrogens with zero attached hydrogens (tertiary/aromatic N) is 8. The quantitative estimate of drug-likeness (QED) is 0.137. The molecule has 5 aliphatic heterocycles. The molecule has 5 aliphatic rings. The van der Waals surface area contributed by atoms with Crippen LogP contribution in [-0.2, 0) is 16.1 Å². The molecule has 2 atom stereocenters. The SMILES string of the molecule is Nc1ncnc2c1c(-c1ccc(Oc3ccccc3)cc1)nn2[C@@H]1CCCN(CC2CCN(CCCN3CCC(c4ccc5c(c4)CN(C4CCC(=O)NC4=O)C5=O)CC3)CC2)C1. The van der Waals surface area contributed by atoms with E-state index in [1.54, 1.807) is 11.2 Å². The lowest BCUT2D eigenvalue weighted by atomic mass is 9.88. The van der Waals surface area contributed by atoms with E-state index in [9.17, 15) is 14.4 Å². The number of piperidine rings is 4. The van der Waals surface area contributed by atoms with Gasteiger partial charge in [-0.3, -0.25) is 19.7 Å². The first-order chi connectivity index (χ1) is 30.8. The van der Waals surface area contributed by atoms with Crippen LogP contribution < -0.4 is 15.8 Å². The van der Waals surface area contributed by atoms with Gasteiger partial charge in [-0.25, -0.2) is 14.6 Å². The number of para-hydroxylation sites is 1. The van der Waals surface area contributed by atoms with Crippen LogP contribution in [0.15, 0.2) is 79.1 Å². The van der Waals surface area contributed by atoms with Gasteiger partial charge in [0.15, 0.2) is 5.65 Å². The average Bonchev–Trinajstić information content (AvgIpc) is 3.86. The van der Waals surface area contributed by atoms with E-state index in [0.29, 0.717) is 36.2 Å². The van der Waals surface area contributed by atoms with Gasteiger partial charge >= 0.3 is 0 Å². The summed E-state index contributed by atoms with van der Waals surface area (Å²) in [6.45, 7) is 10.5. The highest BCUT2D eigenvalue weighted by molar-refractivity contribution is 6.05. The number of fused-ring (bicyclic) bond motifs is 2. The summed E-state index contributed by atoms with van der Waals surface area (Å²) in [7, 11) is 0. The number of hydrogen-bond acceptors (Lipinski definition) is 11. The highest BCUT2D eigenvalue weighted by Gasteiger charge is 2.39. The number of nitrogens with two attached hydrogens (primary N) is 1. The van der Waals surface area contributed by atoms with Crippen LogP contribution in [0, 0.1) is 5.92 Å². The Balaban J connectivity index is 0.669. The number of hydrogen-bond donors (Lipinski definition) is 2. The first kappa shape index (κ1) is 41.3. The molecule has 328 valence electrons. The third-order valence-corrected chi connectivity index (χ3v) is 14.2. The summed E-state index contributed by atoms with van der Waals surface area (Å²) in [6, 6.07) is 23.7. The predicted molar refractivity (Wildman–Crippen MR) is 241 cm³/mol. The minimum Gasteiger partial charge on any atom is -0.457 e. The normalized spacial score (nSPS) is 22.2. The van der Waals surface area contributed by atoms with Gasteiger partial charge in [-0.05, 0) is 163 Å². The Morgan fingerprint density at radius 2 is 1.52 bits per heavy atom. The van der Waals surface area contributed by atoms with Crippen molar-refractivity contribution in [1.82, 2.24) is 44.7 Å². The predicted octanol–water partition coefficient (Wildman–Crippen LogP) is 6.25. The second kappa shape index (κ2) is 18.2. The summed E-state index contributed by atoms with van der Waals surface area (Å²) in [5, 5.41) is 8.39. The number of aromatic nitrogens is 4. The van der Waals surface area contributed by atoms with Crippen molar-refractivity contribution < 1.29 is 19.1 Å². The molecule has 63 heavy (non-hydrogen) atoms. The first-order valence-corrected chi connectivity index (χ1v) is 23.1. The molecule has 0 radical (unpaired) electrons. The van der Waals surface area contributed by atoms with E-state index < -0.39 is 6.04 Å². The van der Waals surface area contributed by atoms with Crippen molar-refractivity contribution in [3.8, 4) is 22.8 Å². The fraction of sp³-hybridized carbons (Fsp3) is 0.469. The van der Waals surface area contributed by atoms with E-state index >= 15 is 0 Å². The summed E-state index contributed by atoms with van der Waals surface area (Å²) < 4.78 is 8.16. The van der Waals surface area contributed by atoms with Crippen molar-refractivity contribution in [1.29, 1.82) is 0 Å². The molecule has 1 unspecified atom stereocenters. The van der Waals surface area contributed by atoms with Crippen LogP contribution >= 0.6 is 0 Å². The number of carbonyl (C=O) groups is 3. The van der Waals surface area contributed by atoms with Crippen LogP contribution in [0.1, 0.15) is 91.2 Å². The fourth-order valence-electron chi connectivity index (χ4n) is 10.8. The molecule has 3 N–H and O–H groups in total. The molecule has 5 aromatic rings. The first-order valence-electron chi connectivity index (χ1n) is 23.1. The molecule has 4 saturated heterocycles. The Kier molecular flexibility index (Phi) is 11.9. The largest absolute Gasteiger partial charge is 0.457 e. The number of nitrogen functional groups attached to an aromatic ring is 1. The van der Waals surface area contributed by atoms with Gasteiger partial charge in [-0.1, -0.05) is 30.3 Å².